The van der Waals surface area contributed by atoms with Gasteiger partial charge in [-0.2, -0.15) is 13.2 Å². The topological polar surface area (TPSA) is 65.6 Å². The molecule has 0 saturated carbocycles. The summed E-state index contributed by atoms with van der Waals surface area (Å²) in [7, 11) is 1.59. The maximum atomic E-state index is 13.7. The van der Waals surface area contributed by atoms with Gasteiger partial charge in [-0.3, -0.25) is 9.59 Å². The molecule has 216 valence electrons. The number of hydrogen-bond acceptors (Lipinski definition) is 3. The second-order valence-electron chi connectivity index (χ2n) is 9.93. The second-order valence-corrected chi connectivity index (χ2v) is 9.93. The highest BCUT2D eigenvalue weighted by atomic mass is 19.4. The molecular weight excluding hydrogens is 531 g/mol. The molecule has 0 atom stereocenters. The first-order valence-electron chi connectivity index (χ1n) is 13.6. The van der Waals surface area contributed by atoms with Gasteiger partial charge in [-0.25, -0.2) is 0 Å². The summed E-state index contributed by atoms with van der Waals surface area (Å²) in [5, 5.41) is 1.09. The van der Waals surface area contributed by atoms with E-state index >= 15 is 0 Å². The number of para-hydroxylation sites is 1. The number of nitrogens with zero attached hydrogens (tertiary/aromatic N) is 2. The molecule has 1 aromatic heterocycles. The zero-order valence-electron chi connectivity index (χ0n) is 23.2. The highest BCUT2D eigenvalue weighted by molar-refractivity contribution is 5.96. The van der Waals surface area contributed by atoms with Crippen LogP contribution in [-0.2, 0) is 23.9 Å². The lowest BCUT2D eigenvalue weighted by molar-refractivity contribution is -0.137. The van der Waals surface area contributed by atoms with E-state index in [2.05, 4.69) is 4.98 Å². The van der Waals surface area contributed by atoms with E-state index in [1.807, 2.05) is 61.7 Å². The van der Waals surface area contributed by atoms with Gasteiger partial charge in [0.25, 0.3) is 5.91 Å². The molecule has 1 heterocycles. The molecule has 0 spiro atoms. The number of H-pyrrole nitrogens is 1. The summed E-state index contributed by atoms with van der Waals surface area (Å²) in [5.41, 5.74) is 2.29. The molecule has 2 amide bonds. The van der Waals surface area contributed by atoms with Crippen LogP contribution < -0.4 is 4.74 Å². The van der Waals surface area contributed by atoms with Gasteiger partial charge in [-0.05, 0) is 66.4 Å². The van der Waals surface area contributed by atoms with Gasteiger partial charge in [-0.15, -0.1) is 0 Å². The molecule has 0 aliphatic carbocycles. The van der Waals surface area contributed by atoms with Gasteiger partial charge in [0, 0.05) is 42.3 Å². The molecule has 0 aliphatic heterocycles. The molecular formula is C32H34F3N3O3. The van der Waals surface area contributed by atoms with E-state index in [4.69, 9.17) is 4.74 Å². The van der Waals surface area contributed by atoms with E-state index in [-0.39, 0.29) is 18.0 Å². The lowest BCUT2D eigenvalue weighted by atomic mass is 10.1. The van der Waals surface area contributed by atoms with Crippen LogP contribution in [-0.4, -0.2) is 53.3 Å². The van der Waals surface area contributed by atoms with Gasteiger partial charge < -0.3 is 19.5 Å². The summed E-state index contributed by atoms with van der Waals surface area (Å²) >= 11 is 0. The van der Waals surface area contributed by atoms with Crippen molar-refractivity contribution in [3.8, 4) is 5.75 Å². The Morgan fingerprint density at radius 3 is 2.27 bits per heavy atom. The van der Waals surface area contributed by atoms with E-state index in [1.54, 1.807) is 12.0 Å². The average molecular weight is 566 g/mol. The quantitative estimate of drug-likeness (QED) is 0.208. The molecule has 4 rings (SSSR count). The Hall–Kier alpha value is -4.27. The smallest absolute Gasteiger partial charge is 0.416 e. The van der Waals surface area contributed by atoms with Crippen LogP contribution in [0.3, 0.4) is 0 Å². The Labute approximate surface area is 237 Å². The summed E-state index contributed by atoms with van der Waals surface area (Å²) in [6, 6.07) is 19.5. The first-order valence-corrected chi connectivity index (χ1v) is 13.6. The van der Waals surface area contributed by atoms with Crippen LogP contribution in [0, 0.1) is 0 Å². The highest BCUT2D eigenvalue weighted by Crippen LogP contribution is 2.29. The molecule has 0 unspecified atom stereocenters. The minimum absolute atomic E-state index is 0.113. The van der Waals surface area contributed by atoms with Crippen LogP contribution in [0.4, 0.5) is 13.2 Å². The number of carbonyl (C=O) groups excluding carboxylic acids is 2. The standard InChI is InChI=1S/C32H34F3N3O3/c1-3-4-18-38(31(40)24-11-13-26(14-12-24)32(33,34)35)22-30(39)37(21-23-9-15-27(41-2)16-10-23)19-17-25-20-36-29-8-6-5-7-28(25)29/h5-16,20,36H,3-4,17-19,21-22H2,1-2H3. The summed E-state index contributed by atoms with van der Waals surface area (Å²) in [5.74, 6) is -0.00290. The van der Waals surface area contributed by atoms with E-state index in [0.29, 0.717) is 38.2 Å². The number of methoxy groups -OCH3 is 1. The Bertz CT molecular complexity index is 1450. The number of alkyl halides is 3. The van der Waals surface area contributed by atoms with E-state index in [1.165, 1.54) is 17.0 Å². The van der Waals surface area contributed by atoms with Crippen LogP contribution in [0.15, 0.2) is 79.0 Å². The fraction of sp³-hybridized carbons (Fsp3) is 0.312. The molecule has 0 aliphatic rings. The number of fused-ring (bicyclic) bond motifs is 1. The minimum atomic E-state index is -4.49. The molecule has 6 nitrogen and oxygen atoms in total. The van der Waals surface area contributed by atoms with E-state index in [0.717, 1.165) is 40.6 Å². The second kappa shape index (κ2) is 13.4. The fourth-order valence-electron chi connectivity index (χ4n) is 4.69. The number of carbonyl (C=O) groups is 2. The van der Waals surface area contributed by atoms with Crippen LogP contribution in [0.2, 0.25) is 0 Å². The molecule has 3 aromatic carbocycles. The van der Waals surface area contributed by atoms with Crippen molar-refractivity contribution >= 4 is 22.7 Å². The zero-order chi connectivity index (χ0) is 29.4. The molecule has 0 saturated heterocycles. The number of halogens is 3. The number of amides is 2. The van der Waals surface area contributed by atoms with Crippen LogP contribution in [0.1, 0.15) is 46.8 Å². The first kappa shape index (κ1) is 29.7. The van der Waals surface area contributed by atoms with Crippen molar-refractivity contribution in [1.82, 2.24) is 14.8 Å². The molecule has 4 aromatic rings. The Morgan fingerprint density at radius 2 is 1.61 bits per heavy atom. The Balaban J connectivity index is 1.54. The van der Waals surface area contributed by atoms with Crippen molar-refractivity contribution in [2.45, 2.75) is 38.9 Å². The van der Waals surface area contributed by atoms with Gasteiger partial charge >= 0.3 is 6.18 Å². The van der Waals surface area contributed by atoms with Gasteiger partial charge in [0.1, 0.15) is 12.3 Å². The van der Waals surface area contributed by atoms with Gasteiger partial charge in [0.15, 0.2) is 0 Å². The maximum absolute atomic E-state index is 13.7. The molecule has 0 fully saturated rings. The largest absolute Gasteiger partial charge is 0.497 e. The number of rotatable bonds is 12. The van der Waals surface area contributed by atoms with Crippen molar-refractivity contribution in [3.05, 3.63) is 101 Å². The number of aromatic amines is 1. The molecule has 9 heteroatoms. The van der Waals surface area contributed by atoms with E-state index < -0.39 is 17.6 Å². The Kier molecular flexibility index (Phi) is 9.70. The third kappa shape index (κ3) is 7.68. The number of hydrogen-bond donors (Lipinski definition) is 1. The lowest BCUT2D eigenvalue weighted by Gasteiger charge is -2.28. The van der Waals surface area contributed by atoms with Crippen LogP contribution in [0.5, 0.6) is 5.75 Å². The van der Waals surface area contributed by atoms with Gasteiger partial charge in [-0.1, -0.05) is 43.7 Å². The van der Waals surface area contributed by atoms with Crippen LogP contribution >= 0.6 is 0 Å². The molecule has 0 bridgehead atoms. The first-order chi connectivity index (χ1) is 19.7. The van der Waals surface area contributed by atoms with Crippen molar-refractivity contribution in [2.24, 2.45) is 0 Å². The molecule has 0 radical (unpaired) electrons. The SMILES string of the molecule is CCCCN(CC(=O)N(CCc1c[nH]c2ccccc12)Cc1ccc(OC)cc1)C(=O)c1ccc(C(F)(F)F)cc1. The number of nitrogens with one attached hydrogen (secondary N) is 1. The van der Waals surface area contributed by atoms with Gasteiger partial charge in [0.05, 0.1) is 12.7 Å². The normalized spacial score (nSPS) is 11.4. The van der Waals surface area contributed by atoms with Crippen molar-refractivity contribution in [1.29, 1.82) is 0 Å². The highest BCUT2D eigenvalue weighted by Gasteiger charge is 2.31. The number of ether oxygens (including phenoxy) is 1. The number of benzene rings is 3. The van der Waals surface area contributed by atoms with Gasteiger partial charge in [0.2, 0.25) is 5.91 Å². The predicted molar refractivity (Wildman–Crippen MR) is 153 cm³/mol. The fourth-order valence-corrected chi connectivity index (χ4v) is 4.69. The molecule has 1 N–H and O–H groups in total. The van der Waals surface area contributed by atoms with Crippen LogP contribution in [0.25, 0.3) is 10.9 Å². The monoisotopic (exact) mass is 565 g/mol. The number of unbranched alkanes of at least 4 members (excludes halogenated alkanes) is 1. The minimum Gasteiger partial charge on any atom is -0.497 e. The average Bonchev–Trinajstić information content (AvgIpc) is 3.40. The summed E-state index contributed by atoms with van der Waals surface area (Å²) in [6.07, 6.45) is -0.489. The number of aromatic nitrogens is 1. The van der Waals surface area contributed by atoms with E-state index in [9.17, 15) is 22.8 Å². The summed E-state index contributed by atoms with van der Waals surface area (Å²) in [4.78, 5) is 33.5. The maximum Gasteiger partial charge on any atom is 0.416 e. The molecule has 41 heavy (non-hydrogen) atoms. The van der Waals surface area contributed by atoms with Crippen molar-refractivity contribution in [3.63, 3.8) is 0 Å². The van der Waals surface area contributed by atoms with Crippen molar-refractivity contribution in [2.75, 3.05) is 26.7 Å². The predicted octanol–water partition coefficient (Wildman–Crippen LogP) is 6.71. The lowest BCUT2D eigenvalue weighted by Crippen LogP contribution is -2.43. The summed E-state index contributed by atoms with van der Waals surface area (Å²) in [6.45, 7) is 2.87. The third-order valence-corrected chi connectivity index (χ3v) is 7.07. The zero-order valence-corrected chi connectivity index (χ0v) is 23.2. The summed E-state index contributed by atoms with van der Waals surface area (Å²) < 4.78 is 44.4. The third-order valence-electron chi connectivity index (χ3n) is 7.07. The Morgan fingerprint density at radius 1 is 0.902 bits per heavy atom. The van der Waals surface area contributed by atoms with Crippen molar-refractivity contribution < 1.29 is 27.5 Å².